The third-order valence-electron chi connectivity index (χ3n) is 6.93. The summed E-state index contributed by atoms with van der Waals surface area (Å²) in [6, 6.07) is 11.1. The average Bonchev–Trinajstić information content (AvgIpc) is 2.86. The van der Waals surface area contributed by atoms with Crippen LogP contribution in [0.3, 0.4) is 0 Å². The number of nitrogens with one attached hydrogen (secondary N) is 2. The second kappa shape index (κ2) is 14.6. The molecule has 0 aliphatic carbocycles. The number of benzene rings is 2. The van der Waals surface area contributed by atoms with E-state index in [1.54, 1.807) is 25.7 Å². The van der Waals surface area contributed by atoms with Crippen LogP contribution in [0.25, 0.3) is 0 Å². The Morgan fingerprint density at radius 2 is 1.55 bits per heavy atom. The van der Waals surface area contributed by atoms with Gasteiger partial charge in [0.05, 0.1) is 0 Å². The normalized spacial score (nSPS) is 13.8. The number of carbonyl (C=O) groups excluding carboxylic acids is 3. The van der Waals surface area contributed by atoms with Crippen molar-refractivity contribution in [3.05, 3.63) is 64.7 Å². The topological polar surface area (TPSA) is 87.7 Å². The maximum absolute atomic E-state index is 14.3. The molecule has 0 aliphatic rings. The van der Waals surface area contributed by atoms with Crippen LogP contribution in [0.5, 0.6) is 0 Å². The highest BCUT2D eigenvalue weighted by atomic mass is 32.1. The summed E-state index contributed by atoms with van der Waals surface area (Å²) in [6.07, 6.45) is 0.852. The summed E-state index contributed by atoms with van der Waals surface area (Å²) in [5.74, 6) is -0.240. The van der Waals surface area contributed by atoms with Gasteiger partial charge >= 0.3 is 6.09 Å². The smallest absolute Gasteiger partial charge is 0.408 e. The first kappa shape index (κ1) is 33.2. The number of aryl methyl sites for hydroxylation is 2. The lowest BCUT2D eigenvalue weighted by atomic mass is 9.92. The second-order valence-corrected chi connectivity index (χ2v) is 12.3. The molecular formula is C32H47N3O4S. The minimum absolute atomic E-state index is 0.0460. The molecule has 3 atom stereocenters. The lowest BCUT2D eigenvalue weighted by molar-refractivity contribution is -0.143. The van der Waals surface area contributed by atoms with Crippen molar-refractivity contribution < 1.29 is 19.1 Å². The molecule has 0 bridgehead atoms. The van der Waals surface area contributed by atoms with Crippen molar-refractivity contribution in [2.45, 2.75) is 98.9 Å². The van der Waals surface area contributed by atoms with E-state index in [-0.39, 0.29) is 23.6 Å². The second-order valence-electron chi connectivity index (χ2n) is 11.9. The molecule has 3 amide bonds. The van der Waals surface area contributed by atoms with Crippen molar-refractivity contribution in [3.63, 3.8) is 0 Å². The van der Waals surface area contributed by atoms with Crippen molar-refractivity contribution in [1.82, 2.24) is 10.2 Å². The molecule has 2 N–H and O–H groups in total. The summed E-state index contributed by atoms with van der Waals surface area (Å²) < 4.78 is 5.42. The molecule has 7 nitrogen and oxygen atoms in total. The fourth-order valence-electron chi connectivity index (χ4n) is 4.53. The first-order valence-corrected chi connectivity index (χ1v) is 14.6. The zero-order valence-electron chi connectivity index (χ0n) is 25.5. The van der Waals surface area contributed by atoms with Gasteiger partial charge < -0.3 is 20.3 Å². The van der Waals surface area contributed by atoms with Gasteiger partial charge in [0.2, 0.25) is 5.91 Å². The first-order valence-electron chi connectivity index (χ1n) is 14.0. The van der Waals surface area contributed by atoms with E-state index in [9.17, 15) is 14.4 Å². The molecule has 0 aromatic heterocycles. The Morgan fingerprint density at radius 1 is 0.925 bits per heavy atom. The Balaban J connectivity index is 2.64. The maximum Gasteiger partial charge on any atom is 0.408 e. The van der Waals surface area contributed by atoms with Gasteiger partial charge in [0, 0.05) is 17.5 Å². The Bertz CT molecular complexity index is 1170. The van der Waals surface area contributed by atoms with Crippen LogP contribution in [0.1, 0.15) is 82.7 Å². The molecule has 3 unspecified atom stereocenters. The lowest BCUT2D eigenvalue weighted by Crippen LogP contribution is -2.55. The van der Waals surface area contributed by atoms with Gasteiger partial charge in [-0.05, 0) is 95.5 Å². The van der Waals surface area contributed by atoms with Crippen molar-refractivity contribution in [2.24, 2.45) is 5.92 Å². The van der Waals surface area contributed by atoms with Gasteiger partial charge in [-0.15, -0.1) is 0 Å². The highest BCUT2D eigenvalue weighted by Gasteiger charge is 2.39. The van der Waals surface area contributed by atoms with E-state index in [0.29, 0.717) is 18.0 Å². The van der Waals surface area contributed by atoms with Crippen LogP contribution in [-0.4, -0.2) is 46.2 Å². The Hall–Kier alpha value is -3.00. The highest BCUT2D eigenvalue weighted by Crippen LogP contribution is 2.32. The van der Waals surface area contributed by atoms with Gasteiger partial charge in [0.25, 0.3) is 5.91 Å². The molecule has 0 heterocycles. The zero-order valence-corrected chi connectivity index (χ0v) is 26.4. The number of thiol groups is 1. The Kier molecular flexibility index (Phi) is 12.1. The summed E-state index contributed by atoms with van der Waals surface area (Å²) in [4.78, 5) is 42.8. The van der Waals surface area contributed by atoms with Gasteiger partial charge in [0.1, 0.15) is 17.7 Å². The molecule has 2 aromatic carbocycles. The number of ether oxygens (including phenoxy) is 1. The maximum atomic E-state index is 14.3. The summed E-state index contributed by atoms with van der Waals surface area (Å²) >= 11 is 4.41. The van der Waals surface area contributed by atoms with E-state index in [1.165, 1.54) is 0 Å². The SMILES string of the molecule is Cc1ccccc1NC(=O)C(c1cccc(C)c1C)N(C(=O)C(CS)NC(=O)OC(C)(C)C)C(C)CCC(C)C. The minimum Gasteiger partial charge on any atom is -0.444 e. The van der Waals surface area contributed by atoms with E-state index < -0.39 is 23.8 Å². The average molecular weight is 570 g/mol. The van der Waals surface area contributed by atoms with Gasteiger partial charge in [0.15, 0.2) is 0 Å². The zero-order chi connectivity index (χ0) is 30.2. The van der Waals surface area contributed by atoms with Crippen molar-refractivity contribution in [3.8, 4) is 0 Å². The fourth-order valence-corrected chi connectivity index (χ4v) is 4.78. The van der Waals surface area contributed by atoms with Crippen LogP contribution in [0.2, 0.25) is 0 Å². The minimum atomic E-state index is -0.987. The number of hydrogen-bond acceptors (Lipinski definition) is 5. The molecule has 0 aliphatic heterocycles. The molecule has 2 rings (SSSR count). The molecule has 40 heavy (non-hydrogen) atoms. The third kappa shape index (κ3) is 9.29. The van der Waals surface area contributed by atoms with Crippen LogP contribution in [0, 0.1) is 26.7 Å². The number of amides is 3. The Morgan fingerprint density at radius 3 is 2.12 bits per heavy atom. The molecular weight excluding hydrogens is 522 g/mol. The summed E-state index contributed by atoms with van der Waals surface area (Å²) in [6.45, 7) is 17.4. The van der Waals surface area contributed by atoms with E-state index >= 15 is 0 Å². The molecule has 8 heteroatoms. The van der Waals surface area contributed by atoms with E-state index in [2.05, 4.69) is 37.1 Å². The first-order chi connectivity index (χ1) is 18.7. The van der Waals surface area contributed by atoms with Gasteiger partial charge in [-0.25, -0.2) is 4.79 Å². The number of nitrogens with zero attached hydrogens (tertiary/aromatic N) is 1. The summed E-state index contributed by atoms with van der Waals surface area (Å²) in [7, 11) is 0. The lowest BCUT2D eigenvalue weighted by Gasteiger charge is -2.39. The van der Waals surface area contributed by atoms with Crippen LogP contribution in [0.4, 0.5) is 10.5 Å². The quantitative estimate of drug-likeness (QED) is 0.261. The molecule has 0 fully saturated rings. The predicted molar refractivity (Wildman–Crippen MR) is 166 cm³/mol. The number of anilines is 1. The third-order valence-corrected chi connectivity index (χ3v) is 7.30. The van der Waals surface area contributed by atoms with Gasteiger partial charge in [-0.3, -0.25) is 9.59 Å². The monoisotopic (exact) mass is 569 g/mol. The van der Waals surface area contributed by atoms with Crippen LogP contribution in [0.15, 0.2) is 42.5 Å². The van der Waals surface area contributed by atoms with Crippen molar-refractivity contribution in [1.29, 1.82) is 0 Å². The molecule has 0 saturated heterocycles. The predicted octanol–water partition coefficient (Wildman–Crippen LogP) is 6.77. The van der Waals surface area contributed by atoms with E-state index in [1.807, 2.05) is 70.2 Å². The molecule has 0 saturated carbocycles. The summed E-state index contributed by atoms with van der Waals surface area (Å²) in [5, 5.41) is 5.77. The summed E-state index contributed by atoms with van der Waals surface area (Å²) in [5.41, 5.74) is 3.57. The molecule has 2 aromatic rings. The molecule has 0 radical (unpaired) electrons. The van der Waals surface area contributed by atoms with Gasteiger partial charge in [-0.2, -0.15) is 12.6 Å². The number of carbonyl (C=O) groups is 3. The number of para-hydroxylation sites is 1. The van der Waals surface area contributed by atoms with Crippen LogP contribution < -0.4 is 10.6 Å². The number of rotatable bonds is 11. The van der Waals surface area contributed by atoms with Crippen molar-refractivity contribution in [2.75, 3.05) is 11.1 Å². The van der Waals surface area contributed by atoms with Gasteiger partial charge in [-0.1, -0.05) is 50.2 Å². The van der Waals surface area contributed by atoms with E-state index in [4.69, 9.17) is 4.74 Å². The number of alkyl carbamates (subject to hydrolysis) is 1. The highest BCUT2D eigenvalue weighted by molar-refractivity contribution is 7.80. The molecule has 220 valence electrons. The fraction of sp³-hybridized carbons (Fsp3) is 0.531. The van der Waals surface area contributed by atoms with Crippen LogP contribution >= 0.6 is 12.6 Å². The molecule has 0 spiro atoms. The Labute approximate surface area is 245 Å². The number of hydrogen-bond donors (Lipinski definition) is 3. The standard InChI is InChI=1S/C32H47N3O4S/c1-20(2)17-18-23(5)35(30(37)27(19-40)34-31(38)39-32(7,8)9)28(25-15-12-14-21(3)24(25)6)29(36)33-26-16-11-10-13-22(26)4/h10-16,20,23,27-28,40H,17-19H2,1-9H3,(H,33,36)(H,34,38). The van der Waals surface area contributed by atoms with E-state index in [0.717, 1.165) is 28.7 Å². The van der Waals surface area contributed by atoms with Crippen LogP contribution in [-0.2, 0) is 14.3 Å². The largest absolute Gasteiger partial charge is 0.444 e. The van der Waals surface area contributed by atoms with Crippen molar-refractivity contribution >= 4 is 36.2 Å².